The minimum atomic E-state index is -0.310. The second kappa shape index (κ2) is 9.60. The number of aliphatic hydroxyl groups is 1. The second-order valence-corrected chi connectivity index (χ2v) is 8.75. The summed E-state index contributed by atoms with van der Waals surface area (Å²) in [5.74, 6) is -0.149. The van der Waals surface area contributed by atoms with Gasteiger partial charge in [0, 0.05) is 47.1 Å². The van der Waals surface area contributed by atoms with Crippen LogP contribution in [0.5, 0.6) is 0 Å². The Morgan fingerprint density at radius 1 is 1.18 bits per heavy atom. The predicted octanol–water partition coefficient (Wildman–Crippen LogP) is 3.94. The molecule has 0 bridgehead atoms. The third-order valence-electron chi connectivity index (χ3n) is 4.67. The Morgan fingerprint density at radius 2 is 1.93 bits per heavy atom. The molecule has 1 aliphatic rings. The smallest absolute Gasteiger partial charge is 0.319 e. The summed E-state index contributed by atoms with van der Waals surface area (Å²) in [4.78, 5) is 27.4. The van der Waals surface area contributed by atoms with Gasteiger partial charge >= 0.3 is 6.03 Å². The molecule has 0 spiro atoms. The number of nitrogens with one attached hydrogen (secondary N) is 2. The van der Waals surface area contributed by atoms with Crippen LogP contribution in [0.2, 0.25) is 9.36 Å². The van der Waals surface area contributed by atoms with E-state index in [1.807, 2.05) is 12.1 Å². The first-order valence-electron chi connectivity index (χ1n) is 8.93. The molecule has 1 aromatic heterocycles. The van der Waals surface area contributed by atoms with Crippen LogP contribution in [0.25, 0.3) is 0 Å². The Morgan fingerprint density at radius 3 is 2.57 bits per heavy atom. The summed E-state index contributed by atoms with van der Waals surface area (Å²) in [6.07, 6.45) is 0.721. The highest BCUT2D eigenvalue weighted by Gasteiger charge is 2.34. The zero-order chi connectivity index (χ0) is 20.1. The van der Waals surface area contributed by atoms with Crippen LogP contribution in [0.4, 0.5) is 10.5 Å². The lowest BCUT2D eigenvalue weighted by molar-refractivity contribution is -0.133. The highest BCUT2D eigenvalue weighted by molar-refractivity contribution is 7.16. The number of thiophene rings is 1. The lowest BCUT2D eigenvalue weighted by Gasteiger charge is -2.38. The Labute approximate surface area is 177 Å². The number of anilines is 1. The molecule has 9 heteroatoms. The molecule has 2 atom stereocenters. The van der Waals surface area contributed by atoms with Crippen molar-refractivity contribution < 1.29 is 14.7 Å². The fraction of sp³-hybridized carbons (Fsp3) is 0.368. The number of halogens is 2. The van der Waals surface area contributed by atoms with Crippen LogP contribution in [0.1, 0.15) is 23.6 Å². The van der Waals surface area contributed by atoms with E-state index < -0.39 is 0 Å². The standard InChI is InChI=1S/C19H21Cl2N3O3S/c20-12-1-3-13(4-2-12)22-19(27)23-15-7-9-24(18(26)8-10-25)11-14(15)16-5-6-17(21)28-16/h1-6,14-15,25H,7-11H2,(H2,22,23,27)/t14-,15-/m1/s1. The Bertz CT molecular complexity index is 828. The molecule has 0 saturated carbocycles. The highest BCUT2D eigenvalue weighted by atomic mass is 35.5. The summed E-state index contributed by atoms with van der Waals surface area (Å²) in [6, 6.07) is 10.2. The number of amides is 3. The first-order valence-corrected chi connectivity index (χ1v) is 10.5. The Hall–Kier alpha value is -1.80. The molecule has 150 valence electrons. The van der Waals surface area contributed by atoms with Gasteiger partial charge in [-0.3, -0.25) is 4.79 Å². The molecule has 2 aromatic rings. The fourth-order valence-electron chi connectivity index (χ4n) is 3.29. The van der Waals surface area contributed by atoms with Gasteiger partial charge in [-0.05, 0) is 42.8 Å². The highest BCUT2D eigenvalue weighted by Crippen LogP contribution is 2.34. The van der Waals surface area contributed by atoms with Crippen molar-refractivity contribution in [1.82, 2.24) is 10.2 Å². The van der Waals surface area contributed by atoms with Crippen LogP contribution >= 0.6 is 34.5 Å². The van der Waals surface area contributed by atoms with Gasteiger partial charge in [0.25, 0.3) is 0 Å². The van der Waals surface area contributed by atoms with Crippen molar-refractivity contribution in [2.45, 2.75) is 24.8 Å². The van der Waals surface area contributed by atoms with Crippen molar-refractivity contribution in [2.75, 3.05) is 25.0 Å². The van der Waals surface area contributed by atoms with E-state index in [4.69, 9.17) is 28.3 Å². The number of hydrogen-bond donors (Lipinski definition) is 3. The number of likely N-dealkylation sites (tertiary alicyclic amines) is 1. The number of benzene rings is 1. The minimum Gasteiger partial charge on any atom is -0.396 e. The van der Waals surface area contributed by atoms with E-state index in [9.17, 15) is 9.59 Å². The number of hydrogen-bond acceptors (Lipinski definition) is 4. The van der Waals surface area contributed by atoms with E-state index in [2.05, 4.69) is 10.6 Å². The summed E-state index contributed by atoms with van der Waals surface area (Å²) >= 11 is 13.4. The predicted molar refractivity (Wildman–Crippen MR) is 112 cm³/mol. The maximum absolute atomic E-state index is 12.5. The van der Waals surface area contributed by atoms with Crippen LogP contribution in [0.15, 0.2) is 36.4 Å². The third-order valence-corrected chi connectivity index (χ3v) is 6.28. The van der Waals surface area contributed by atoms with Gasteiger partial charge < -0.3 is 20.6 Å². The lowest BCUT2D eigenvalue weighted by atomic mass is 9.90. The first kappa shape index (κ1) is 20.9. The van der Waals surface area contributed by atoms with Crippen LogP contribution in [0, 0.1) is 0 Å². The molecule has 3 N–H and O–H groups in total. The van der Waals surface area contributed by atoms with Crippen molar-refractivity contribution in [3.63, 3.8) is 0 Å². The maximum atomic E-state index is 12.5. The Balaban J connectivity index is 1.69. The summed E-state index contributed by atoms with van der Waals surface area (Å²) in [5.41, 5.74) is 0.646. The first-order chi connectivity index (χ1) is 13.5. The van der Waals surface area contributed by atoms with Gasteiger partial charge in [0.15, 0.2) is 0 Å². The summed E-state index contributed by atoms with van der Waals surface area (Å²) in [5, 5.41) is 15.5. The number of nitrogens with zero attached hydrogens (tertiary/aromatic N) is 1. The third kappa shape index (κ3) is 5.38. The average Bonchev–Trinajstić information content (AvgIpc) is 3.10. The number of urea groups is 1. The number of aliphatic hydroxyl groups excluding tert-OH is 1. The van der Waals surface area contributed by atoms with E-state index in [-0.39, 0.29) is 36.9 Å². The number of rotatable bonds is 5. The van der Waals surface area contributed by atoms with Crippen molar-refractivity contribution >= 4 is 52.2 Å². The van der Waals surface area contributed by atoms with Crippen molar-refractivity contribution in [2.24, 2.45) is 0 Å². The largest absolute Gasteiger partial charge is 0.396 e. The summed E-state index contributed by atoms with van der Waals surface area (Å²) < 4.78 is 0.665. The molecule has 1 aliphatic heterocycles. The molecular weight excluding hydrogens is 421 g/mol. The summed E-state index contributed by atoms with van der Waals surface area (Å²) in [7, 11) is 0. The zero-order valence-electron chi connectivity index (χ0n) is 15.0. The molecule has 3 amide bonds. The number of carbonyl (C=O) groups excluding carboxylic acids is 2. The van der Waals surface area contributed by atoms with Gasteiger partial charge in [-0.1, -0.05) is 23.2 Å². The molecule has 28 heavy (non-hydrogen) atoms. The van der Waals surface area contributed by atoms with Gasteiger partial charge in [-0.15, -0.1) is 11.3 Å². The van der Waals surface area contributed by atoms with Gasteiger partial charge in [0.2, 0.25) is 5.91 Å². The molecule has 3 rings (SSSR count). The van der Waals surface area contributed by atoms with Crippen LogP contribution in [-0.2, 0) is 4.79 Å². The average molecular weight is 442 g/mol. The molecular formula is C19H21Cl2N3O3S. The zero-order valence-corrected chi connectivity index (χ0v) is 17.4. The number of carbonyl (C=O) groups is 2. The normalized spacial score (nSPS) is 19.3. The van der Waals surface area contributed by atoms with Gasteiger partial charge in [0.05, 0.1) is 10.9 Å². The fourth-order valence-corrected chi connectivity index (χ4v) is 4.63. The van der Waals surface area contributed by atoms with Crippen molar-refractivity contribution in [1.29, 1.82) is 0 Å². The van der Waals surface area contributed by atoms with E-state index in [1.54, 1.807) is 29.2 Å². The molecule has 1 fully saturated rings. The van der Waals surface area contributed by atoms with Gasteiger partial charge in [-0.25, -0.2) is 4.79 Å². The van der Waals surface area contributed by atoms with Crippen molar-refractivity contribution in [3.8, 4) is 0 Å². The molecule has 0 unspecified atom stereocenters. The SMILES string of the molecule is O=C(Nc1ccc(Cl)cc1)N[C@@H]1CCN(C(=O)CCO)C[C@H]1c1ccc(Cl)s1. The summed E-state index contributed by atoms with van der Waals surface area (Å²) in [6.45, 7) is 0.831. The maximum Gasteiger partial charge on any atom is 0.319 e. The topological polar surface area (TPSA) is 81.7 Å². The van der Waals surface area contributed by atoms with Crippen LogP contribution in [0.3, 0.4) is 0 Å². The van der Waals surface area contributed by atoms with Crippen molar-refractivity contribution in [3.05, 3.63) is 50.6 Å². The van der Waals surface area contributed by atoms with E-state index in [0.29, 0.717) is 34.6 Å². The molecule has 0 radical (unpaired) electrons. The number of piperidine rings is 1. The lowest BCUT2D eigenvalue weighted by Crippen LogP contribution is -2.52. The van der Waals surface area contributed by atoms with Gasteiger partial charge in [-0.2, -0.15) is 0 Å². The van der Waals surface area contributed by atoms with Crippen LogP contribution in [-0.4, -0.2) is 47.7 Å². The minimum absolute atomic E-state index is 0.0649. The van der Waals surface area contributed by atoms with Gasteiger partial charge in [0.1, 0.15) is 0 Å². The van der Waals surface area contributed by atoms with E-state index >= 15 is 0 Å². The molecule has 1 aromatic carbocycles. The molecule has 1 saturated heterocycles. The monoisotopic (exact) mass is 441 g/mol. The quantitative estimate of drug-likeness (QED) is 0.656. The Kier molecular flexibility index (Phi) is 7.18. The second-order valence-electron chi connectivity index (χ2n) is 6.56. The van der Waals surface area contributed by atoms with Crippen LogP contribution < -0.4 is 10.6 Å². The molecule has 0 aliphatic carbocycles. The molecule has 2 heterocycles. The van der Waals surface area contributed by atoms with E-state index in [1.165, 1.54) is 11.3 Å². The molecule has 6 nitrogen and oxygen atoms in total. The van der Waals surface area contributed by atoms with E-state index in [0.717, 1.165) is 4.88 Å².